The molecule has 0 aliphatic carbocycles. The average molecular weight is 463 g/mol. The molecule has 0 aliphatic rings. The third-order valence-electron chi connectivity index (χ3n) is 6.96. The summed E-state index contributed by atoms with van der Waals surface area (Å²) in [4.78, 5) is -0.260. The molecule has 0 N–H and O–H groups in total. The fraction of sp³-hybridized carbons (Fsp3) is 0.806. The molecule has 1 heteroatoms. The molecule has 0 unspecified atom stereocenters. The quantitative estimate of drug-likeness (QED) is 0.119. The predicted molar refractivity (Wildman–Crippen MR) is 147 cm³/mol. The van der Waals surface area contributed by atoms with Crippen LogP contribution in [-0.2, 0) is 11.3 Å². The summed E-state index contributed by atoms with van der Waals surface area (Å²) in [6.07, 6.45) is 29.9. The highest BCUT2D eigenvalue weighted by molar-refractivity contribution is 6.23. The molecular formula is C31H55Cl. The van der Waals surface area contributed by atoms with Gasteiger partial charge in [0.25, 0.3) is 0 Å². The number of halogens is 1. The Kier molecular flexibility index (Phi) is 18.4. The van der Waals surface area contributed by atoms with Crippen molar-refractivity contribution in [1.82, 2.24) is 0 Å². The number of aryl methyl sites for hydroxylation is 1. The van der Waals surface area contributed by atoms with Crippen LogP contribution in [0.4, 0.5) is 0 Å². The fourth-order valence-electron chi connectivity index (χ4n) is 4.89. The van der Waals surface area contributed by atoms with Crippen molar-refractivity contribution >= 4 is 11.6 Å². The van der Waals surface area contributed by atoms with Crippen LogP contribution in [0.25, 0.3) is 0 Å². The summed E-state index contributed by atoms with van der Waals surface area (Å²) in [5.74, 6) is 0. The summed E-state index contributed by atoms with van der Waals surface area (Å²) < 4.78 is 0. The Bertz CT molecular complexity index is 528. The largest absolute Gasteiger partial charge is 0.115 e. The van der Waals surface area contributed by atoms with Gasteiger partial charge in [0.05, 0.1) is 4.87 Å². The van der Waals surface area contributed by atoms with E-state index in [0.29, 0.717) is 0 Å². The van der Waals surface area contributed by atoms with Crippen LogP contribution in [0.5, 0.6) is 0 Å². The maximum Gasteiger partial charge on any atom is 0.0641 e. The molecule has 0 aromatic heterocycles. The minimum Gasteiger partial charge on any atom is -0.115 e. The van der Waals surface area contributed by atoms with Crippen molar-refractivity contribution in [2.45, 2.75) is 160 Å². The third-order valence-corrected chi connectivity index (χ3v) is 7.16. The highest BCUT2D eigenvalue weighted by Gasteiger charge is 2.19. The zero-order valence-electron chi connectivity index (χ0n) is 22.0. The monoisotopic (exact) mass is 462 g/mol. The van der Waals surface area contributed by atoms with Gasteiger partial charge in [0.2, 0.25) is 0 Å². The van der Waals surface area contributed by atoms with Crippen molar-refractivity contribution in [2.75, 3.05) is 0 Å². The van der Waals surface area contributed by atoms with Crippen molar-refractivity contribution < 1.29 is 0 Å². The van der Waals surface area contributed by atoms with Crippen LogP contribution in [0, 0.1) is 0 Å². The summed E-state index contributed by atoms with van der Waals surface area (Å²) >= 11 is 6.56. The molecule has 0 spiro atoms. The van der Waals surface area contributed by atoms with Gasteiger partial charge in [-0.05, 0) is 37.8 Å². The van der Waals surface area contributed by atoms with Gasteiger partial charge < -0.3 is 0 Å². The number of unbranched alkanes of at least 4 members (excludes halogenated alkanes) is 19. The second kappa shape index (κ2) is 19.9. The molecule has 0 bridgehead atoms. The van der Waals surface area contributed by atoms with Crippen molar-refractivity contribution in [3.63, 3.8) is 0 Å². The lowest BCUT2D eigenvalue weighted by Gasteiger charge is -2.20. The Morgan fingerprint density at radius 1 is 0.531 bits per heavy atom. The molecule has 0 radical (unpaired) electrons. The second-order valence-corrected chi connectivity index (χ2v) is 11.5. The van der Waals surface area contributed by atoms with Crippen molar-refractivity contribution in [3.05, 3.63) is 35.4 Å². The van der Waals surface area contributed by atoms with Crippen LogP contribution in [0.15, 0.2) is 24.3 Å². The lowest BCUT2D eigenvalue weighted by atomic mass is 9.93. The highest BCUT2D eigenvalue weighted by atomic mass is 35.5. The fourth-order valence-corrected chi connectivity index (χ4v) is 5.07. The number of alkyl halides is 1. The molecule has 0 fully saturated rings. The maximum atomic E-state index is 6.56. The number of benzene rings is 1. The summed E-state index contributed by atoms with van der Waals surface area (Å²) in [6.45, 7) is 6.50. The van der Waals surface area contributed by atoms with E-state index in [1.807, 2.05) is 0 Å². The summed E-state index contributed by atoms with van der Waals surface area (Å²) in [5, 5.41) is 0. The van der Waals surface area contributed by atoms with Crippen LogP contribution in [0.2, 0.25) is 0 Å². The number of hydrogen-bond donors (Lipinski definition) is 0. The van der Waals surface area contributed by atoms with Gasteiger partial charge in [-0.15, -0.1) is 11.6 Å². The van der Waals surface area contributed by atoms with Crippen molar-refractivity contribution in [3.8, 4) is 0 Å². The van der Waals surface area contributed by atoms with E-state index in [2.05, 4.69) is 45.0 Å². The molecule has 1 aromatic rings. The van der Waals surface area contributed by atoms with E-state index in [-0.39, 0.29) is 4.87 Å². The first-order chi connectivity index (χ1) is 15.6. The minimum atomic E-state index is -0.260. The molecule has 0 saturated carbocycles. The van der Waals surface area contributed by atoms with E-state index in [1.165, 1.54) is 146 Å². The van der Waals surface area contributed by atoms with Crippen LogP contribution >= 0.6 is 11.6 Å². The lowest BCUT2D eigenvalue weighted by molar-refractivity contribution is 0.521. The first-order valence-electron chi connectivity index (χ1n) is 14.3. The highest BCUT2D eigenvalue weighted by Crippen LogP contribution is 2.31. The van der Waals surface area contributed by atoms with Gasteiger partial charge in [-0.25, -0.2) is 0 Å². The first kappa shape index (κ1) is 29.5. The van der Waals surface area contributed by atoms with Crippen molar-refractivity contribution in [2.24, 2.45) is 0 Å². The van der Waals surface area contributed by atoms with E-state index in [1.54, 1.807) is 0 Å². The lowest BCUT2D eigenvalue weighted by Crippen LogP contribution is -2.10. The molecule has 0 saturated heterocycles. The predicted octanol–water partition coefficient (Wildman–Crippen LogP) is 11.5. The molecule has 32 heavy (non-hydrogen) atoms. The van der Waals surface area contributed by atoms with Gasteiger partial charge in [-0.2, -0.15) is 0 Å². The van der Waals surface area contributed by atoms with Crippen LogP contribution in [0.1, 0.15) is 160 Å². The van der Waals surface area contributed by atoms with Gasteiger partial charge >= 0.3 is 0 Å². The van der Waals surface area contributed by atoms with Crippen molar-refractivity contribution in [1.29, 1.82) is 0 Å². The van der Waals surface area contributed by atoms with Gasteiger partial charge in [-0.1, -0.05) is 153 Å². The summed E-state index contributed by atoms with van der Waals surface area (Å²) in [6, 6.07) is 8.71. The summed E-state index contributed by atoms with van der Waals surface area (Å²) in [7, 11) is 0. The zero-order chi connectivity index (χ0) is 23.3. The Balaban J connectivity index is 1.82. The topological polar surface area (TPSA) is 0 Å². The van der Waals surface area contributed by atoms with Gasteiger partial charge in [0.15, 0.2) is 0 Å². The summed E-state index contributed by atoms with van der Waals surface area (Å²) in [5.41, 5.74) is 2.74. The van der Waals surface area contributed by atoms with Crippen LogP contribution in [0.3, 0.4) is 0 Å². The Hall–Kier alpha value is -0.490. The molecule has 186 valence electrons. The van der Waals surface area contributed by atoms with E-state index >= 15 is 0 Å². The molecular weight excluding hydrogens is 408 g/mol. The van der Waals surface area contributed by atoms with Gasteiger partial charge in [0.1, 0.15) is 0 Å². The smallest absolute Gasteiger partial charge is 0.0641 e. The van der Waals surface area contributed by atoms with Gasteiger partial charge in [-0.3, -0.25) is 0 Å². The Morgan fingerprint density at radius 3 is 1.25 bits per heavy atom. The molecule has 0 nitrogen and oxygen atoms in total. The average Bonchev–Trinajstić information content (AvgIpc) is 2.77. The Morgan fingerprint density at radius 2 is 0.875 bits per heavy atom. The standard InChI is InChI=1S/C31H55Cl/c1-4-5-6-7-8-9-10-11-12-13-14-15-16-17-18-19-20-21-22-23-26-29-27-24-25-28-30(29)31(2,3)32/h24-25,27-28H,4-23,26H2,1-3H3. The molecule has 1 rings (SSSR count). The maximum absolute atomic E-state index is 6.56. The second-order valence-electron chi connectivity index (χ2n) is 10.6. The molecule has 0 amide bonds. The first-order valence-corrected chi connectivity index (χ1v) is 14.7. The molecule has 0 aliphatic heterocycles. The van der Waals surface area contributed by atoms with Crippen LogP contribution in [-0.4, -0.2) is 0 Å². The van der Waals surface area contributed by atoms with E-state index < -0.39 is 0 Å². The zero-order valence-corrected chi connectivity index (χ0v) is 22.8. The van der Waals surface area contributed by atoms with Crippen LogP contribution < -0.4 is 0 Å². The van der Waals surface area contributed by atoms with E-state index in [0.717, 1.165) is 0 Å². The Labute approximate surface area is 207 Å². The molecule has 0 heterocycles. The minimum absolute atomic E-state index is 0.260. The number of hydrogen-bond acceptors (Lipinski definition) is 0. The normalized spacial score (nSPS) is 11.9. The number of rotatable bonds is 22. The third kappa shape index (κ3) is 16.2. The van der Waals surface area contributed by atoms with Gasteiger partial charge in [0, 0.05) is 0 Å². The van der Waals surface area contributed by atoms with E-state index in [4.69, 9.17) is 11.6 Å². The molecule has 1 aromatic carbocycles. The molecule has 0 atom stereocenters. The SMILES string of the molecule is CCCCCCCCCCCCCCCCCCCCCCc1ccccc1C(C)(C)Cl. The van der Waals surface area contributed by atoms with E-state index in [9.17, 15) is 0 Å².